The van der Waals surface area contributed by atoms with E-state index in [1.54, 1.807) is 48.5 Å². The number of ketones is 1. The van der Waals surface area contributed by atoms with Crippen molar-refractivity contribution in [2.24, 2.45) is 4.99 Å². The lowest BCUT2D eigenvalue weighted by Crippen LogP contribution is -2.16. The normalized spacial score (nSPS) is 11.6. The van der Waals surface area contributed by atoms with E-state index in [2.05, 4.69) is 11.6 Å². The van der Waals surface area contributed by atoms with Crippen LogP contribution in [0, 0.1) is 0 Å². The van der Waals surface area contributed by atoms with Gasteiger partial charge in [0.2, 0.25) is 0 Å². The van der Waals surface area contributed by atoms with Crippen molar-refractivity contribution in [2.45, 2.75) is 6.54 Å². The molecule has 4 rings (SSSR count). The summed E-state index contributed by atoms with van der Waals surface area (Å²) < 4.78 is 2.68. The first-order chi connectivity index (χ1) is 15.0. The highest BCUT2D eigenvalue weighted by atomic mass is 35.5. The van der Waals surface area contributed by atoms with Crippen molar-refractivity contribution in [2.75, 3.05) is 0 Å². The standard InChI is InChI=1S/C24H16Cl2N2O2S/c1-2-14-28-21-19(13-12-18(25)20(21)26)31-24(28)27-23(30)17-10-8-16(9-11-17)22(29)15-6-4-3-5-7-15/h2-13H,1,14H2. The predicted molar refractivity (Wildman–Crippen MR) is 126 cm³/mol. The Balaban J connectivity index is 1.70. The molecule has 0 saturated carbocycles. The maximum Gasteiger partial charge on any atom is 0.279 e. The summed E-state index contributed by atoms with van der Waals surface area (Å²) in [5, 5.41) is 0.844. The molecule has 154 valence electrons. The average Bonchev–Trinajstić information content (AvgIpc) is 3.14. The van der Waals surface area contributed by atoms with E-state index in [0.717, 1.165) is 10.2 Å². The third-order valence-electron chi connectivity index (χ3n) is 4.67. The second kappa shape index (κ2) is 9.02. The SMILES string of the molecule is C=CCn1c(=NC(=O)c2ccc(C(=O)c3ccccc3)cc2)sc2ccc(Cl)c(Cl)c21. The number of carbonyl (C=O) groups is 2. The molecule has 0 spiro atoms. The van der Waals surface area contributed by atoms with Crippen LogP contribution in [0.3, 0.4) is 0 Å². The molecule has 0 atom stereocenters. The second-order valence-electron chi connectivity index (χ2n) is 6.68. The second-order valence-corrected chi connectivity index (χ2v) is 8.48. The van der Waals surface area contributed by atoms with E-state index >= 15 is 0 Å². The van der Waals surface area contributed by atoms with Crippen molar-refractivity contribution in [1.82, 2.24) is 4.57 Å². The largest absolute Gasteiger partial charge is 0.311 e. The minimum absolute atomic E-state index is 0.101. The lowest BCUT2D eigenvalue weighted by molar-refractivity contribution is 0.0994. The third-order valence-corrected chi connectivity index (χ3v) is 6.51. The summed E-state index contributed by atoms with van der Waals surface area (Å²) in [6, 6.07) is 19.1. The molecule has 0 fully saturated rings. The molecule has 1 aromatic heterocycles. The molecular weight excluding hydrogens is 451 g/mol. The number of halogens is 2. The first-order valence-electron chi connectivity index (χ1n) is 9.36. The minimum Gasteiger partial charge on any atom is -0.311 e. The molecule has 3 aromatic carbocycles. The molecule has 1 heterocycles. The van der Waals surface area contributed by atoms with Gasteiger partial charge in [0.05, 0.1) is 20.3 Å². The van der Waals surface area contributed by atoms with Crippen LogP contribution in [0.1, 0.15) is 26.3 Å². The monoisotopic (exact) mass is 466 g/mol. The Morgan fingerprint density at radius 1 is 0.935 bits per heavy atom. The Labute approximate surface area is 192 Å². The van der Waals surface area contributed by atoms with Crippen LogP contribution in [-0.4, -0.2) is 16.3 Å². The molecular formula is C24H16Cl2N2O2S. The van der Waals surface area contributed by atoms with Crippen LogP contribution < -0.4 is 4.80 Å². The molecule has 31 heavy (non-hydrogen) atoms. The Bertz CT molecular complexity index is 1370. The topological polar surface area (TPSA) is 51.4 Å². The van der Waals surface area contributed by atoms with Gasteiger partial charge in [-0.15, -0.1) is 6.58 Å². The van der Waals surface area contributed by atoms with Gasteiger partial charge in [0.1, 0.15) is 0 Å². The summed E-state index contributed by atoms with van der Waals surface area (Å²) >= 11 is 13.9. The molecule has 0 radical (unpaired) electrons. The van der Waals surface area contributed by atoms with Crippen molar-refractivity contribution in [1.29, 1.82) is 0 Å². The molecule has 0 aliphatic carbocycles. The van der Waals surface area contributed by atoms with Gasteiger partial charge in [-0.3, -0.25) is 9.59 Å². The van der Waals surface area contributed by atoms with Gasteiger partial charge in [0.15, 0.2) is 10.6 Å². The summed E-state index contributed by atoms with van der Waals surface area (Å²) in [5.41, 5.74) is 2.20. The van der Waals surface area contributed by atoms with Crippen LogP contribution >= 0.6 is 34.5 Å². The van der Waals surface area contributed by atoms with Gasteiger partial charge in [-0.05, 0) is 24.3 Å². The molecule has 0 aliphatic heterocycles. The summed E-state index contributed by atoms with van der Waals surface area (Å²) in [6.45, 7) is 4.20. The van der Waals surface area contributed by atoms with Crippen molar-refractivity contribution >= 4 is 56.4 Å². The van der Waals surface area contributed by atoms with Crippen molar-refractivity contribution in [3.63, 3.8) is 0 Å². The fourth-order valence-corrected chi connectivity index (χ4v) is 4.68. The van der Waals surface area contributed by atoms with Crippen LogP contribution in [0.2, 0.25) is 10.0 Å². The smallest absolute Gasteiger partial charge is 0.279 e. The van der Waals surface area contributed by atoms with E-state index in [1.165, 1.54) is 11.3 Å². The first kappa shape index (κ1) is 21.2. The number of hydrogen-bond acceptors (Lipinski definition) is 3. The van der Waals surface area contributed by atoms with Gasteiger partial charge in [-0.25, -0.2) is 0 Å². The number of rotatable bonds is 5. The quantitative estimate of drug-likeness (QED) is 0.261. The molecule has 4 nitrogen and oxygen atoms in total. The van der Waals surface area contributed by atoms with Crippen LogP contribution in [0.15, 0.2) is 84.4 Å². The Morgan fingerprint density at radius 3 is 2.26 bits per heavy atom. The lowest BCUT2D eigenvalue weighted by atomic mass is 10.0. The highest BCUT2D eigenvalue weighted by Gasteiger charge is 2.14. The van der Waals surface area contributed by atoms with E-state index < -0.39 is 5.91 Å². The zero-order valence-electron chi connectivity index (χ0n) is 16.2. The molecule has 0 N–H and O–H groups in total. The zero-order chi connectivity index (χ0) is 22.0. The number of fused-ring (bicyclic) bond motifs is 1. The molecule has 0 saturated heterocycles. The molecule has 0 bridgehead atoms. The number of amides is 1. The summed E-state index contributed by atoms with van der Waals surface area (Å²) in [5.74, 6) is -0.512. The van der Waals surface area contributed by atoms with Gasteiger partial charge in [0.25, 0.3) is 5.91 Å². The van der Waals surface area contributed by atoms with Gasteiger partial charge < -0.3 is 4.57 Å². The average molecular weight is 467 g/mol. The van der Waals surface area contributed by atoms with Gasteiger partial charge in [0, 0.05) is 23.2 Å². The number of nitrogens with zero attached hydrogens (tertiary/aromatic N) is 2. The van der Waals surface area contributed by atoms with Crippen LogP contribution in [-0.2, 0) is 6.54 Å². The minimum atomic E-state index is -0.412. The number of aromatic nitrogens is 1. The molecule has 1 amide bonds. The van der Waals surface area contributed by atoms with Crippen LogP contribution in [0.4, 0.5) is 0 Å². The molecule has 7 heteroatoms. The Morgan fingerprint density at radius 2 is 1.58 bits per heavy atom. The fraction of sp³-hybridized carbons (Fsp3) is 0.0417. The molecule has 0 aliphatic rings. The number of benzene rings is 3. The van der Waals surface area contributed by atoms with E-state index in [0.29, 0.717) is 38.1 Å². The van der Waals surface area contributed by atoms with Crippen molar-refractivity contribution in [3.05, 3.63) is 111 Å². The maximum absolute atomic E-state index is 12.8. The first-order valence-corrected chi connectivity index (χ1v) is 10.9. The maximum atomic E-state index is 12.8. The van der Waals surface area contributed by atoms with E-state index in [1.807, 2.05) is 28.8 Å². The lowest BCUT2D eigenvalue weighted by Gasteiger charge is -2.04. The van der Waals surface area contributed by atoms with Crippen molar-refractivity contribution in [3.8, 4) is 0 Å². The van der Waals surface area contributed by atoms with Gasteiger partial charge >= 0.3 is 0 Å². The molecule has 4 aromatic rings. The van der Waals surface area contributed by atoms with E-state index in [9.17, 15) is 9.59 Å². The number of carbonyl (C=O) groups excluding carboxylic acids is 2. The van der Waals surface area contributed by atoms with Crippen molar-refractivity contribution < 1.29 is 9.59 Å². The zero-order valence-corrected chi connectivity index (χ0v) is 18.5. The molecule has 0 unspecified atom stereocenters. The van der Waals surface area contributed by atoms with Gasteiger partial charge in [-0.1, -0.05) is 83.1 Å². The fourth-order valence-electron chi connectivity index (χ4n) is 3.16. The summed E-state index contributed by atoms with van der Waals surface area (Å²) in [4.78, 5) is 30.1. The Kier molecular flexibility index (Phi) is 6.18. The van der Waals surface area contributed by atoms with Crippen LogP contribution in [0.5, 0.6) is 0 Å². The summed E-state index contributed by atoms with van der Waals surface area (Å²) in [6.07, 6.45) is 1.71. The summed E-state index contributed by atoms with van der Waals surface area (Å²) in [7, 11) is 0. The predicted octanol–water partition coefficient (Wildman–Crippen LogP) is 6.17. The van der Waals surface area contributed by atoms with E-state index in [4.69, 9.17) is 23.2 Å². The number of thiazole rings is 1. The highest BCUT2D eigenvalue weighted by molar-refractivity contribution is 7.16. The van der Waals surface area contributed by atoms with E-state index in [-0.39, 0.29) is 5.78 Å². The van der Waals surface area contributed by atoms with Crippen LogP contribution in [0.25, 0.3) is 10.2 Å². The number of allylic oxidation sites excluding steroid dienone is 1. The van der Waals surface area contributed by atoms with Gasteiger partial charge in [-0.2, -0.15) is 4.99 Å². The Hall–Kier alpha value is -2.99. The number of hydrogen-bond donors (Lipinski definition) is 0. The third kappa shape index (κ3) is 4.26. The highest BCUT2D eigenvalue weighted by Crippen LogP contribution is 2.32.